The van der Waals surface area contributed by atoms with Gasteiger partial charge in [0, 0.05) is 16.9 Å². The van der Waals surface area contributed by atoms with Crippen LogP contribution in [0, 0.1) is 0 Å². The third-order valence-corrected chi connectivity index (χ3v) is 3.69. The molecule has 0 radical (unpaired) electrons. The van der Waals surface area contributed by atoms with Crippen molar-refractivity contribution in [1.29, 1.82) is 0 Å². The molecular weight excluding hydrogens is 272 g/mol. The van der Waals surface area contributed by atoms with Gasteiger partial charge in [0.15, 0.2) is 0 Å². The van der Waals surface area contributed by atoms with Crippen molar-refractivity contribution in [2.24, 2.45) is 0 Å². The molecule has 0 saturated carbocycles. The van der Waals surface area contributed by atoms with E-state index >= 15 is 0 Å². The highest BCUT2D eigenvalue weighted by Gasteiger charge is 2.06. The molecule has 104 valence electrons. The fourth-order valence-corrected chi connectivity index (χ4v) is 2.48. The van der Waals surface area contributed by atoms with E-state index in [4.69, 9.17) is 0 Å². The predicted molar refractivity (Wildman–Crippen MR) is 79.3 cm³/mol. The summed E-state index contributed by atoms with van der Waals surface area (Å²) < 4.78 is 0. The Morgan fingerprint density at radius 3 is 2.50 bits per heavy atom. The van der Waals surface area contributed by atoms with Gasteiger partial charge < -0.3 is 0 Å². The van der Waals surface area contributed by atoms with Crippen molar-refractivity contribution in [3.63, 3.8) is 0 Å². The van der Waals surface area contributed by atoms with E-state index in [1.165, 1.54) is 4.88 Å². The first kappa shape index (κ1) is 14.3. The van der Waals surface area contributed by atoms with Gasteiger partial charge in [0.25, 0.3) is 5.91 Å². The van der Waals surface area contributed by atoms with Crippen LogP contribution in [0.15, 0.2) is 47.8 Å². The highest BCUT2D eigenvalue weighted by Crippen LogP contribution is 2.11. The number of thiophene rings is 1. The molecular formula is C15H16N2O2S. The number of amides is 2. The van der Waals surface area contributed by atoms with Gasteiger partial charge in [-0.2, -0.15) is 0 Å². The summed E-state index contributed by atoms with van der Waals surface area (Å²) in [7, 11) is 0. The van der Waals surface area contributed by atoms with Crippen molar-refractivity contribution >= 4 is 23.2 Å². The molecule has 0 atom stereocenters. The molecule has 0 spiro atoms. The average Bonchev–Trinajstić information content (AvgIpc) is 2.99. The summed E-state index contributed by atoms with van der Waals surface area (Å²) in [6.07, 6.45) is 2.05. The lowest BCUT2D eigenvalue weighted by molar-refractivity contribution is -0.121. The zero-order valence-electron chi connectivity index (χ0n) is 11.0. The second kappa shape index (κ2) is 7.45. The maximum Gasteiger partial charge on any atom is 0.269 e. The Morgan fingerprint density at radius 2 is 1.80 bits per heavy atom. The maximum atomic E-state index is 11.7. The number of benzene rings is 1. The lowest BCUT2D eigenvalue weighted by Gasteiger charge is -2.07. The van der Waals surface area contributed by atoms with Crippen LogP contribution in [-0.2, 0) is 11.2 Å². The molecule has 0 aliphatic heterocycles. The number of hydrogen-bond donors (Lipinski definition) is 2. The van der Waals surface area contributed by atoms with Crippen LogP contribution in [0.4, 0.5) is 0 Å². The Labute approximate surface area is 121 Å². The molecule has 1 heterocycles. The molecule has 0 saturated heterocycles. The molecule has 0 aliphatic carbocycles. The highest BCUT2D eigenvalue weighted by atomic mass is 32.1. The van der Waals surface area contributed by atoms with Gasteiger partial charge in [-0.25, -0.2) is 0 Å². The second-order valence-corrected chi connectivity index (χ2v) is 5.33. The minimum Gasteiger partial charge on any atom is -0.273 e. The number of rotatable bonds is 5. The Bertz CT molecular complexity index is 553. The van der Waals surface area contributed by atoms with Gasteiger partial charge in [0.2, 0.25) is 5.91 Å². The van der Waals surface area contributed by atoms with Crippen molar-refractivity contribution in [1.82, 2.24) is 10.9 Å². The van der Waals surface area contributed by atoms with Crippen molar-refractivity contribution in [2.45, 2.75) is 19.3 Å². The third-order valence-electron chi connectivity index (χ3n) is 2.76. The van der Waals surface area contributed by atoms with Gasteiger partial charge in [-0.3, -0.25) is 20.4 Å². The smallest absolute Gasteiger partial charge is 0.269 e. The summed E-state index contributed by atoms with van der Waals surface area (Å²) in [5, 5.41) is 2.02. The molecule has 4 nitrogen and oxygen atoms in total. The molecule has 2 amide bonds. The lowest BCUT2D eigenvalue weighted by atomic mass is 10.2. The molecule has 5 heteroatoms. The molecule has 0 fully saturated rings. The van der Waals surface area contributed by atoms with Gasteiger partial charge in [0.05, 0.1) is 0 Å². The van der Waals surface area contributed by atoms with Crippen LogP contribution in [0.2, 0.25) is 0 Å². The van der Waals surface area contributed by atoms with Gasteiger partial charge >= 0.3 is 0 Å². The molecule has 2 aromatic rings. The summed E-state index contributed by atoms with van der Waals surface area (Å²) >= 11 is 1.69. The van der Waals surface area contributed by atoms with E-state index in [1.807, 2.05) is 17.5 Å². The Hall–Kier alpha value is -2.14. The first-order valence-corrected chi connectivity index (χ1v) is 7.30. The van der Waals surface area contributed by atoms with Crippen molar-refractivity contribution in [3.05, 3.63) is 58.3 Å². The largest absolute Gasteiger partial charge is 0.273 e. The number of aryl methyl sites for hydroxylation is 1. The van der Waals surface area contributed by atoms with Crippen LogP contribution in [0.1, 0.15) is 28.1 Å². The second-order valence-electron chi connectivity index (χ2n) is 4.30. The molecule has 1 aromatic heterocycles. The maximum absolute atomic E-state index is 11.7. The van der Waals surface area contributed by atoms with E-state index in [0.717, 1.165) is 12.8 Å². The number of nitrogens with one attached hydrogen (secondary N) is 2. The minimum atomic E-state index is -0.308. The first-order chi connectivity index (χ1) is 9.75. The zero-order valence-corrected chi connectivity index (χ0v) is 11.8. The van der Waals surface area contributed by atoms with E-state index in [1.54, 1.807) is 35.6 Å². The van der Waals surface area contributed by atoms with E-state index in [-0.39, 0.29) is 11.8 Å². The van der Waals surface area contributed by atoms with E-state index in [9.17, 15) is 9.59 Å². The number of hydrazine groups is 1. The SMILES string of the molecule is O=C(CCCc1cccs1)NNC(=O)c1ccccc1. The number of hydrogen-bond acceptors (Lipinski definition) is 3. The van der Waals surface area contributed by atoms with Crippen LogP contribution in [0.25, 0.3) is 0 Å². The quantitative estimate of drug-likeness (QED) is 0.831. The van der Waals surface area contributed by atoms with Gasteiger partial charge in [-0.15, -0.1) is 11.3 Å². The van der Waals surface area contributed by atoms with Crippen LogP contribution < -0.4 is 10.9 Å². The minimum absolute atomic E-state index is 0.175. The van der Waals surface area contributed by atoms with Crippen LogP contribution in [0.3, 0.4) is 0 Å². The zero-order chi connectivity index (χ0) is 14.2. The monoisotopic (exact) mass is 288 g/mol. The summed E-state index contributed by atoms with van der Waals surface area (Å²) in [4.78, 5) is 24.5. The molecule has 1 aromatic carbocycles. The molecule has 0 bridgehead atoms. The summed E-state index contributed by atoms with van der Waals surface area (Å²) in [6, 6.07) is 12.8. The van der Waals surface area contributed by atoms with E-state index in [2.05, 4.69) is 16.9 Å². The normalized spacial score (nSPS) is 10.0. The summed E-state index contributed by atoms with van der Waals surface area (Å²) in [5.41, 5.74) is 5.35. The predicted octanol–water partition coefficient (Wildman–Crippen LogP) is 2.53. The standard InChI is InChI=1S/C15H16N2O2S/c18-14(10-4-8-13-9-5-11-20-13)16-17-15(19)12-6-2-1-3-7-12/h1-3,5-7,9,11H,4,8,10H2,(H,16,18)(H,17,19). The Morgan fingerprint density at radius 1 is 1.00 bits per heavy atom. The Kier molecular flexibility index (Phi) is 5.32. The van der Waals surface area contributed by atoms with Crippen molar-refractivity contribution in [2.75, 3.05) is 0 Å². The molecule has 2 rings (SSSR count). The average molecular weight is 288 g/mol. The van der Waals surface area contributed by atoms with Crippen LogP contribution in [-0.4, -0.2) is 11.8 Å². The van der Waals surface area contributed by atoms with Gasteiger partial charge in [-0.1, -0.05) is 24.3 Å². The van der Waals surface area contributed by atoms with E-state index in [0.29, 0.717) is 12.0 Å². The first-order valence-electron chi connectivity index (χ1n) is 6.42. The van der Waals surface area contributed by atoms with Crippen LogP contribution in [0.5, 0.6) is 0 Å². The molecule has 0 aliphatic rings. The van der Waals surface area contributed by atoms with E-state index < -0.39 is 0 Å². The number of carbonyl (C=O) groups is 2. The fraction of sp³-hybridized carbons (Fsp3) is 0.200. The lowest BCUT2D eigenvalue weighted by Crippen LogP contribution is -2.41. The van der Waals surface area contributed by atoms with Crippen LogP contribution >= 0.6 is 11.3 Å². The third kappa shape index (κ3) is 4.51. The van der Waals surface area contributed by atoms with Gasteiger partial charge in [-0.05, 0) is 36.4 Å². The van der Waals surface area contributed by atoms with Gasteiger partial charge in [0.1, 0.15) is 0 Å². The topological polar surface area (TPSA) is 58.2 Å². The molecule has 20 heavy (non-hydrogen) atoms. The highest BCUT2D eigenvalue weighted by molar-refractivity contribution is 7.09. The summed E-state index contributed by atoms with van der Waals surface area (Å²) in [6.45, 7) is 0. The number of carbonyl (C=O) groups excluding carboxylic acids is 2. The molecule has 2 N–H and O–H groups in total. The fourth-order valence-electron chi connectivity index (χ4n) is 1.73. The Balaban J connectivity index is 1.66. The van der Waals surface area contributed by atoms with Crippen molar-refractivity contribution < 1.29 is 9.59 Å². The summed E-state index contributed by atoms with van der Waals surface area (Å²) in [5.74, 6) is -0.483. The van der Waals surface area contributed by atoms with Crippen molar-refractivity contribution in [3.8, 4) is 0 Å². The molecule has 0 unspecified atom stereocenters.